The van der Waals surface area contributed by atoms with Gasteiger partial charge in [-0.15, -0.1) is 11.3 Å². The van der Waals surface area contributed by atoms with Crippen LogP contribution in [-0.4, -0.2) is 27.4 Å². The van der Waals surface area contributed by atoms with E-state index in [1.165, 1.54) is 10.4 Å². The summed E-state index contributed by atoms with van der Waals surface area (Å²) in [7, 11) is 0. The lowest BCUT2D eigenvalue weighted by atomic mass is 10.2. The monoisotopic (exact) mass is 403 g/mol. The first-order valence-corrected chi connectivity index (χ1v) is 11.2. The number of aromatic nitrogens is 3. The molecule has 1 saturated heterocycles. The maximum absolute atomic E-state index is 13.4. The molecule has 0 spiro atoms. The average Bonchev–Trinajstić information content (AvgIpc) is 3.40. The van der Waals surface area contributed by atoms with E-state index < -0.39 is 0 Å². The number of hydrogen-bond acceptors (Lipinski definition) is 7. The highest BCUT2D eigenvalue weighted by molar-refractivity contribution is 7.98. The van der Waals surface area contributed by atoms with E-state index in [2.05, 4.69) is 5.16 Å². The lowest BCUT2D eigenvalue weighted by Crippen LogP contribution is -2.28. The minimum Gasteiger partial charge on any atom is -0.376 e. The fraction of sp³-hybridized carbons (Fsp3) is 0.526. The molecule has 27 heavy (non-hydrogen) atoms. The predicted octanol–water partition coefficient (Wildman–Crippen LogP) is 3.71. The molecule has 0 unspecified atom stereocenters. The summed E-state index contributed by atoms with van der Waals surface area (Å²) in [4.78, 5) is 20.5. The van der Waals surface area contributed by atoms with Gasteiger partial charge in [0.25, 0.3) is 5.56 Å². The molecule has 4 heterocycles. The Kier molecular flexibility index (Phi) is 4.57. The van der Waals surface area contributed by atoms with Gasteiger partial charge in [0, 0.05) is 23.3 Å². The van der Waals surface area contributed by atoms with Crippen LogP contribution in [0.2, 0.25) is 0 Å². The van der Waals surface area contributed by atoms with Crippen molar-refractivity contribution < 1.29 is 9.26 Å². The maximum Gasteiger partial charge on any atom is 0.263 e. The zero-order chi connectivity index (χ0) is 18.4. The molecule has 2 aliphatic rings. The first-order valence-electron chi connectivity index (χ1n) is 9.41. The van der Waals surface area contributed by atoms with E-state index in [0.29, 0.717) is 12.3 Å². The van der Waals surface area contributed by atoms with Crippen molar-refractivity contribution in [2.24, 2.45) is 0 Å². The van der Waals surface area contributed by atoms with Gasteiger partial charge in [0.05, 0.1) is 23.7 Å². The van der Waals surface area contributed by atoms with Crippen LogP contribution >= 0.6 is 23.1 Å². The minimum atomic E-state index is 0.0914. The molecule has 0 radical (unpaired) electrons. The zero-order valence-electron chi connectivity index (χ0n) is 15.2. The number of rotatable bonds is 5. The van der Waals surface area contributed by atoms with Gasteiger partial charge in [0.1, 0.15) is 10.6 Å². The van der Waals surface area contributed by atoms with Crippen LogP contribution < -0.4 is 5.56 Å². The average molecular weight is 404 g/mol. The van der Waals surface area contributed by atoms with E-state index in [1.807, 2.05) is 17.6 Å². The minimum absolute atomic E-state index is 0.0914. The van der Waals surface area contributed by atoms with Crippen LogP contribution in [0.25, 0.3) is 10.2 Å². The molecule has 3 aromatic rings. The summed E-state index contributed by atoms with van der Waals surface area (Å²) in [6, 6.07) is 1.92. The maximum atomic E-state index is 13.4. The van der Waals surface area contributed by atoms with Crippen LogP contribution in [0.4, 0.5) is 0 Å². The number of fused-ring (bicyclic) bond motifs is 3. The second-order valence-corrected chi connectivity index (χ2v) is 9.23. The van der Waals surface area contributed by atoms with Gasteiger partial charge in [0.15, 0.2) is 5.16 Å². The van der Waals surface area contributed by atoms with Crippen molar-refractivity contribution in [3.8, 4) is 0 Å². The van der Waals surface area contributed by atoms with Gasteiger partial charge < -0.3 is 9.26 Å². The molecule has 0 aromatic carbocycles. The molecule has 6 nitrogen and oxygen atoms in total. The second kappa shape index (κ2) is 7.07. The highest BCUT2D eigenvalue weighted by Gasteiger charge is 2.25. The van der Waals surface area contributed by atoms with Gasteiger partial charge >= 0.3 is 0 Å². The Hall–Kier alpha value is -1.64. The van der Waals surface area contributed by atoms with Gasteiger partial charge in [0.2, 0.25) is 0 Å². The number of thiophene rings is 1. The first-order chi connectivity index (χ1) is 13.2. The smallest absolute Gasteiger partial charge is 0.263 e. The Labute approximate surface area is 164 Å². The van der Waals surface area contributed by atoms with Crippen LogP contribution in [-0.2, 0) is 29.9 Å². The van der Waals surface area contributed by atoms with Crippen molar-refractivity contribution in [3.63, 3.8) is 0 Å². The molecule has 1 aliphatic carbocycles. The van der Waals surface area contributed by atoms with Gasteiger partial charge in [-0.05, 0) is 44.6 Å². The summed E-state index contributed by atoms with van der Waals surface area (Å²) in [5.74, 6) is 1.42. The Morgan fingerprint density at radius 3 is 3.07 bits per heavy atom. The molecule has 5 rings (SSSR count). The molecule has 0 N–H and O–H groups in total. The molecule has 1 fully saturated rings. The third kappa shape index (κ3) is 3.23. The third-order valence-electron chi connectivity index (χ3n) is 5.23. The summed E-state index contributed by atoms with van der Waals surface area (Å²) in [6.07, 6.45) is 5.37. The fourth-order valence-corrected chi connectivity index (χ4v) is 6.14. The highest BCUT2D eigenvalue weighted by atomic mass is 32.2. The topological polar surface area (TPSA) is 70.2 Å². The van der Waals surface area contributed by atoms with Crippen LogP contribution in [0.5, 0.6) is 0 Å². The summed E-state index contributed by atoms with van der Waals surface area (Å²) >= 11 is 3.24. The molecule has 142 valence electrons. The first kappa shape index (κ1) is 17.5. The third-order valence-corrected chi connectivity index (χ3v) is 7.42. The van der Waals surface area contributed by atoms with Gasteiger partial charge in [-0.3, -0.25) is 9.36 Å². The van der Waals surface area contributed by atoms with Crippen molar-refractivity contribution in [2.45, 2.75) is 62.6 Å². The summed E-state index contributed by atoms with van der Waals surface area (Å²) in [6.45, 7) is 3.24. The summed E-state index contributed by atoms with van der Waals surface area (Å²) in [5, 5.41) is 5.65. The van der Waals surface area contributed by atoms with Crippen molar-refractivity contribution >= 4 is 33.3 Å². The van der Waals surface area contributed by atoms with E-state index in [0.717, 1.165) is 65.5 Å². The van der Waals surface area contributed by atoms with E-state index in [9.17, 15) is 4.79 Å². The van der Waals surface area contributed by atoms with E-state index in [-0.39, 0.29) is 11.7 Å². The molecule has 3 aromatic heterocycles. The fourth-order valence-electron chi connectivity index (χ4n) is 3.95. The van der Waals surface area contributed by atoms with Crippen molar-refractivity contribution in [1.29, 1.82) is 0 Å². The second-order valence-electron chi connectivity index (χ2n) is 7.20. The van der Waals surface area contributed by atoms with Crippen LogP contribution in [0.1, 0.15) is 41.2 Å². The molecular formula is C19H21N3O3S2. The van der Waals surface area contributed by atoms with Crippen LogP contribution in [0.15, 0.2) is 20.5 Å². The number of nitrogens with zero attached hydrogens (tertiary/aromatic N) is 3. The highest BCUT2D eigenvalue weighted by Crippen LogP contribution is 2.36. The van der Waals surface area contributed by atoms with Gasteiger partial charge in [-0.2, -0.15) is 0 Å². The normalized spacial score (nSPS) is 19.2. The molecule has 0 saturated carbocycles. The summed E-state index contributed by atoms with van der Waals surface area (Å²) < 4.78 is 12.8. The van der Waals surface area contributed by atoms with Gasteiger partial charge in [-0.1, -0.05) is 16.9 Å². The molecule has 1 aliphatic heterocycles. The number of thioether (sulfide) groups is 1. The molecule has 8 heteroatoms. The van der Waals surface area contributed by atoms with E-state index >= 15 is 0 Å². The Morgan fingerprint density at radius 1 is 1.37 bits per heavy atom. The van der Waals surface area contributed by atoms with Crippen molar-refractivity contribution in [2.75, 3.05) is 6.61 Å². The number of ether oxygens (including phenoxy) is 1. The van der Waals surface area contributed by atoms with Gasteiger partial charge in [-0.25, -0.2) is 4.98 Å². The Bertz CT molecular complexity index is 1050. The van der Waals surface area contributed by atoms with Crippen molar-refractivity contribution in [3.05, 3.63) is 38.3 Å². The molecule has 0 amide bonds. The van der Waals surface area contributed by atoms with Crippen LogP contribution in [0.3, 0.4) is 0 Å². The summed E-state index contributed by atoms with van der Waals surface area (Å²) in [5.41, 5.74) is 2.19. The molecular weight excluding hydrogens is 382 g/mol. The number of aryl methyl sites for hydroxylation is 3. The zero-order valence-corrected chi connectivity index (χ0v) is 16.8. The quantitative estimate of drug-likeness (QED) is 0.478. The SMILES string of the molecule is Cc1cc(CSc2nc3sc4c(c3c(=O)n2C[C@@H]2CCCO2)CCC4)no1. The number of hydrogen-bond donors (Lipinski definition) is 0. The standard InChI is InChI=1S/C19H21N3O3S2/c1-11-8-12(21-25-11)10-26-19-20-17-16(14-5-2-6-15(14)27-17)18(23)22(19)9-13-4-3-7-24-13/h8,13H,2-7,9-10H2,1H3/t13-/m0/s1. The Balaban J connectivity index is 1.55. The van der Waals surface area contributed by atoms with E-state index in [1.54, 1.807) is 23.1 Å². The predicted molar refractivity (Wildman–Crippen MR) is 106 cm³/mol. The van der Waals surface area contributed by atoms with Crippen LogP contribution in [0, 0.1) is 6.92 Å². The lowest BCUT2D eigenvalue weighted by Gasteiger charge is -2.15. The largest absolute Gasteiger partial charge is 0.376 e. The Morgan fingerprint density at radius 2 is 2.30 bits per heavy atom. The molecule has 1 atom stereocenters. The van der Waals surface area contributed by atoms with Crippen molar-refractivity contribution in [1.82, 2.24) is 14.7 Å². The molecule has 0 bridgehead atoms. The lowest BCUT2D eigenvalue weighted by molar-refractivity contribution is 0.0937. The van der Waals surface area contributed by atoms with E-state index in [4.69, 9.17) is 14.2 Å².